The Labute approximate surface area is 150 Å². The Morgan fingerprint density at radius 3 is 1.96 bits per heavy atom. The second kappa shape index (κ2) is 7.57. The van der Waals surface area contributed by atoms with Gasteiger partial charge in [0.15, 0.2) is 0 Å². The number of aromatic amines is 1. The quantitative estimate of drug-likeness (QED) is 0.764. The van der Waals surface area contributed by atoms with Crippen LogP contribution >= 0.6 is 0 Å². The highest BCUT2D eigenvalue weighted by molar-refractivity contribution is 6.03. The van der Waals surface area contributed by atoms with Crippen LogP contribution in [0.3, 0.4) is 0 Å². The zero-order valence-electron chi connectivity index (χ0n) is 14.5. The van der Waals surface area contributed by atoms with Crippen molar-refractivity contribution in [1.82, 2.24) is 9.78 Å². The molecule has 1 aliphatic rings. The van der Waals surface area contributed by atoms with Crippen LogP contribution in [-0.2, 0) is 4.79 Å². The molecule has 3 aromatic rings. The molecule has 0 bridgehead atoms. The second-order valence-corrected chi connectivity index (χ2v) is 5.79. The van der Waals surface area contributed by atoms with Crippen molar-refractivity contribution in [3.8, 4) is 5.69 Å². The molecule has 1 N–H and O–H groups in total. The highest BCUT2D eigenvalue weighted by Gasteiger charge is 2.17. The predicted molar refractivity (Wildman–Crippen MR) is 100 cm³/mol. The molecule has 0 saturated carbocycles. The zero-order chi connectivity index (χ0) is 18.5. The standard InChI is InChI=1S/C10H10N2O.C10H8N2O/c1-8-7-10(13)12(11-8)9-5-3-2-4-6-9;1-7-9(11-12-10(7)13)8-5-3-2-4-6-8/h2-7,11H,1H3;2-6H,1H3. The summed E-state index contributed by atoms with van der Waals surface area (Å²) in [6.07, 6.45) is 0. The van der Waals surface area contributed by atoms with Crippen LogP contribution in [0.1, 0.15) is 18.2 Å². The molecule has 1 aromatic heterocycles. The molecule has 0 saturated heterocycles. The molecule has 6 heteroatoms. The second-order valence-electron chi connectivity index (χ2n) is 5.79. The van der Waals surface area contributed by atoms with E-state index in [9.17, 15) is 9.59 Å². The van der Waals surface area contributed by atoms with Gasteiger partial charge in [0.2, 0.25) is 0 Å². The first-order valence-electron chi connectivity index (χ1n) is 8.12. The van der Waals surface area contributed by atoms with Crippen molar-refractivity contribution in [2.75, 3.05) is 0 Å². The number of carbonyl (C=O) groups is 1. The third-order valence-electron chi connectivity index (χ3n) is 3.83. The maximum Gasteiger partial charge on any atom is 0.293 e. The van der Waals surface area contributed by atoms with Gasteiger partial charge in [0.05, 0.1) is 5.69 Å². The summed E-state index contributed by atoms with van der Waals surface area (Å²) >= 11 is 0. The summed E-state index contributed by atoms with van der Waals surface area (Å²) in [6.45, 7) is 3.60. The van der Waals surface area contributed by atoms with E-state index in [1.807, 2.05) is 67.6 Å². The van der Waals surface area contributed by atoms with Crippen LogP contribution in [0.2, 0.25) is 0 Å². The van der Waals surface area contributed by atoms with Gasteiger partial charge in [0.25, 0.3) is 11.5 Å². The zero-order valence-corrected chi connectivity index (χ0v) is 14.5. The largest absolute Gasteiger partial charge is 0.295 e. The topological polar surface area (TPSA) is 79.6 Å². The molecule has 1 aliphatic heterocycles. The Hall–Kier alpha value is -3.54. The van der Waals surface area contributed by atoms with Crippen molar-refractivity contribution in [1.29, 1.82) is 0 Å². The van der Waals surface area contributed by atoms with Gasteiger partial charge in [-0.15, -0.1) is 10.2 Å². The Balaban J connectivity index is 0.000000151. The van der Waals surface area contributed by atoms with E-state index in [-0.39, 0.29) is 11.5 Å². The van der Waals surface area contributed by atoms with Crippen molar-refractivity contribution < 1.29 is 4.79 Å². The number of nitrogens with one attached hydrogen (secondary N) is 1. The molecular formula is C20H18N4O2. The number of hydrogen-bond acceptors (Lipinski definition) is 3. The van der Waals surface area contributed by atoms with Crippen LogP contribution in [-0.4, -0.2) is 15.7 Å². The Morgan fingerprint density at radius 2 is 1.46 bits per heavy atom. The maximum absolute atomic E-state index is 11.4. The lowest BCUT2D eigenvalue weighted by molar-refractivity contribution is -0.114. The highest BCUT2D eigenvalue weighted by atomic mass is 16.2. The number of rotatable bonds is 2. The first-order chi connectivity index (χ1) is 12.6. The molecule has 0 radical (unpaired) electrons. The highest BCUT2D eigenvalue weighted by Crippen LogP contribution is 2.25. The van der Waals surface area contributed by atoms with E-state index in [1.54, 1.807) is 13.0 Å². The number of H-pyrrole nitrogens is 1. The summed E-state index contributed by atoms with van der Waals surface area (Å²) in [5.74, 6) is -0.237. The van der Waals surface area contributed by atoms with Crippen molar-refractivity contribution >= 4 is 11.6 Å². The van der Waals surface area contributed by atoms with E-state index in [0.717, 1.165) is 16.9 Å². The fourth-order valence-corrected chi connectivity index (χ4v) is 2.50. The van der Waals surface area contributed by atoms with Crippen LogP contribution in [0.5, 0.6) is 0 Å². The van der Waals surface area contributed by atoms with E-state index in [2.05, 4.69) is 15.3 Å². The molecule has 0 atom stereocenters. The number of benzene rings is 2. The monoisotopic (exact) mass is 346 g/mol. The summed E-state index contributed by atoms with van der Waals surface area (Å²) in [6, 6.07) is 20.6. The average Bonchev–Trinajstić information content (AvgIpc) is 3.18. The molecule has 1 amide bonds. The van der Waals surface area contributed by atoms with Crippen LogP contribution in [0, 0.1) is 6.92 Å². The molecule has 0 spiro atoms. The number of para-hydroxylation sites is 1. The van der Waals surface area contributed by atoms with Crippen LogP contribution in [0.15, 0.2) is 87.3 Å². The summed E-state index contributed by atoms with van der Waals surface area (Å²) in [4.78, 5) is 22.4. The van der Waals surface area contributed by atoms with Gasteiger partial charge >= 0.3 is 0 Å². The third kappa shape index (κ3) is 3.75. The molecule has 2 aromatic carbocycles. The van der Waals surface area contributed by atoms with Crippen LogP contribution in [0.25, 0.3) is 11.4 Å². The summed E-state index contributed by atoms with van der Waals surface area (Å²) < 4.78 is 1.52. The van der Waals surface area contributed by atoms with Gasteiger partial charge in [-0.05, 0) is 26.0 Å². The SMILES string of the molecule is CC1=C(c2ccccc2)N=NC1=O.Cc1cc(=O)n(-c2ccccc2)[nH]1. The van der Waals surface area contributed by atoms with Crippen molar-refractivity contribution in [3.63, 3.8) is 0 Å². The van der Waals surface area contributed by atoms with Gasteiger partial charge in [-0.25, -0.2) is 4.68 Å². The van der Waals surface area contributed by atoms with Crippen molar-refractivity contribution in [2.24, 2.45) is 10.2 Å². The van der Waals surface area contributed by atoms with Gasteiger partial charge < -0.3 is 0 Å². The number of amides is 1. The summed E-state index contributed by atoms with van der Waals surface area (Å²) in [7, 11) is 0. The van der Waals surface area contributed by atoms with E-state index in [1.165, 1.54) is 4.68 Å². The van der Waals surface area contributed by atoms with Crippen molar-refractivity contribution in [2.45, 2.75) is 13.8 Å². The van der Waals surface area contributed by atoms with Crippen LogP contribution in [0.4, 0.5) is 0 Å². The van der Waals surface area contributed by atoms with E-state index in [4.69, 9.17) is 0 Å². The molecule has 0 fully saturated rings. The number of nitrogens with zero attached hydrogens (tertiary/aromatic N) is 3. The molecule has 130 valence electrons. The minimum Gasteiger partial charge on any atom is -0.295 e. The van der Waals surface area contributed by atoms with Crippen molar-refractivity contribution in [3.05, 3.63) is 93.9 Å². The molecule has 6 nitrogen and oxygen atoms in total. The van der Waals surface area contributed by atoms with Gasteiger partial charge in [0.1, 0.15) is 5.70 Å². The molecule has 4 rings (SSSR count). The van der Waals surface area contributed by atoms with Crippen LogP contribution < -0.4 is 5.56 Å². The molecule has 26 heavy (non-hydrogen) atoms. The van der Waals surface area contributed by atoms with Gasteiger partial charge in [-0.2, -0.15) is 0 Å². The number of azo groups is 1. The predicted octanol–water partition coefficient (Wildman–Crippen LogP) is 3.88. The maximum atomic E-state index is 11.4. The lowest BCUT2D eigenvalue weighted by Crippen LogP contribution is -2.12. The van der Waals surface area contributed by atoms with Gasteiger partial charge in [-0.1, -0.05) is 48.5 Å². The van der Waals surface area contributed by atoms with Gasteiger partial charge in [-0.3, -0.25) is 14.7 Å². The first-order valence-corrected chi connectivity index (χ1v) is 8.12. The van der Waals surface area contributed by atoms with E-state index in [0.29, 0.717) is 11.3 Å². The third-order valence-corrected chi connectivity index (χ3v) is 3.83. The molecule has 0 unspecified atom stereocenters. The van der Waals surface area contributed by atoms with Gasteiger partial charge in [0, 0.05) is 22.9 Å². The molecule has 0 aliphatic carbocycles. The number of hydrogen-bond donors (Lipinski definition) is 1. The summed E-state index contributed by atoms with van der Waals surface area (Å²) in [5, 5.41) is 10.3. The lowest BCUT2D eigenvalue weighted by atomic mass is 10.1. The normalized spacial score (nSPS) is 12.9. The Bertz CT molecular complexity index is 1030. The average molecular weight is 346 g/mol. The Kier molecular flexibility index (Phi) is 5.03. The van der Waals surface area contributed by atoms with E-state index >= 15 is 0 Å². The minimum atomic E-state index is -0.237. The fraction of sp³-hybridized carbons (Fsp3) is 0.100. The number of aromatic nitrogens is 2. The Morgan fingerprint density at radius 1 is 0.846 bits per heavy atom. The lowest BCUT2D eigenvalue weighted by Gasteiger charge is -1.99. The number of aryl methyl sites for hydroxylation is 1. The molecule has 2 heterocycles. The first kappa shape index (κ1) is 17.3. The smallest absolute Gasteiger partial charge is 0.293 e. The number of carbonyl (C=O) groups excluding carboxylic acids is 1. The fourth-order valence-electron chi connectivity index (χ4n) is 2.50. The minimum absolute atomic E-state index is 0.0244. The molecular weight excluding hydrogens is 328 g/mol. The van der Waals surface area contributed by atoms with E-state index < -0.39 is 0 Å². The summed E-state index contributed by atoms with van der Waals surface area (Å²) in [5.41, 5.74) is 3.95.